The number of rotatable bonds is 8. The summed E-state index contributed by atoms with van der Waals surface area (Å²) in [5, 5.41) is -0.948. The highest BCUT2D eigenvalue weighted by atomic mass is 32.2. The van der Waals surface area contributed by atoms with E-state index in [1.165, 1.54) is 6.92 Å². The first-order valence-corrected chi connectivity index (χ1v) is 8.51. The quantitative estimate of drug-likeness (QED) is 0.543. The van der Waals surface area contributed by atoms with Gasteiger partial charge in [-0.3, -0.25) is 4.79 Å². The molecule has 0 spiro atoms. The molecule has 0 bridgehead atoms. The summed E-state index contributed by atoms with van der Waals surface area (Å²) in [5.74, 6) is -0.205. The van der Waals surface area contributed by atoms with Gasteiger partial charge in [0.25, 0.3) is 0 Å². The molecule has 3 nitrogen and oxygen atoms in total. The Morgan fingerprint density at radius 1 is 1.11 bits per heavy atom. The van der Waals surface area contributed by atoms with Gasteiger partial charge in [0.15, 0.2) is 15.6 Å². The minimum absolute atomic E-state index is 0.104. The molecule has 0 aliphatic carbocycles. The third-order valence-corrected chi connectivity index (χ3v) is 5.40. The van der Waals surface area contributed by atoms with Gasteiger partial charge in [0.1, 0.15) is 5.25 Å². The van der Waals surface area contributed by atoms with Crippen molar-refractivity contribution in [2.45, 2.75) is 44.8 Å². The van der Waals surface area contributed by atoms with Crippen LogP contribution >= 0.6 is 0 Å². The second-order valence-electron chi connectivity index (χ2n) is 4.80. The van der Waals surface area contributed by atoms with E-state index in [9.17, 15) is 13.2 Å². The molecule has 0 aliphatic rings. The number of hydrogen-bond acceptors (Lipinski definition) is 3. The zero-order valence-corrected chi connectivity index (χ0v) is 12.4. The molecule has 0 amide bonds. The summed E-state index contributed by atoms with van der Waals surface area (Å²) in [4.78, 5) is 12.1. The zero-order valence-electron chi connectivity index (χ0n) is 11.6. The first-order valence-electron chi connectivity index (χ1n) is 6.80. The lowest BCUT2D eigenvalue weighted by atomic mass is 10.1. The normalized spacial score (nSPS) is 13.2. The molecule has 0 saturated heterocycles. The van der Waals surface area contributed by atoms with Crippen LogP contribution in [0.3, 0.4) is 0 Å². The van der Waals surface area contributed by atoms with Crippen molar-refractivity contribution in [3.8, 4) is 0 Å². The summed E-state index contributed by atoms with van der Waals surface area (Å²) in [6, 6.07) is 8.61. The summed E-state index contributed by atoms with van der Waals surface area (Å²) < 4.78 is 24.2. The summed E-state index contributed by atoms with van der Waals surface area (Å²) >= 11 is 0. The van der Waals surface area contributed by atoms with Crippen LogP contribution in [0.25, 0.3) is 0 Å². The van der Waals surface area contributed by atoms with Crippen LogP contribution in [0.5, 0.6) is 0 Å². The summed E-state index contributed by atoms with van der Waals surface area (Å²) in [6.45, 7) is 3.57. The van der Waals surface area contributed by atoms with Crippen LogP contribution < -0.4 is 0 Å². The molecule has 0 saturated carbocycles. The lowest BCUT2D eigenvalue weighted by Crippen LogP contribution is -2.29. The van der Waals surface area contributed by atoms with E-state index in [0.717, 1.165) is 19.3 Å². The fraction of sp³-hybridized carbons (Fsp3) is 0.533. The molecule has 19 heavy (non-hydrogen) atoms. The van der Waals surface area contributed by atoms with E-state index in [1.54, 1.807) is 30.3 Å². The molecule has 0 heterocycles. The number of carbonyl (C=O) groups excluding carboxylic acids is 1. The number of carbonyl (C=O) groups is 1. The molecule has 0 N–H and O–H groups in total. The number of sulfone groups is 1. The van der Waals surface area contributed by atoms with E-state index in [0.29, 0.717) is 12.0 Å². The zero-order chi connectivity index (χ0) is 14.3. The van der Waals surface area contributed by atoms with Crippen molar-refractivity contribution in [2.75, 3.05) is 5.75 Å². The van der Waals surface area contributed by atoms with Crippen LogP contribution in [0, 0.1) is 0 Å². The van der Waals surface area contributed by atoms with E-state index >= 15 is 0 Å². The molecule has 4 heteroatoms. The van der Waals surface area contributed by atoms with Crippen molar-refractivity contribution in [2.24, 2.45) is 0 Å². The van der Waals surface area contributed by atoms with Gasteiger partial charge < -0.3 is 0 Å². The Balaban J connectivity index is 2.65. The molecule has 0 aliphatic heterocycles. The largest absolute Gasteiger partial charge is 0.293 e. The molecule has 1 aromatic rings. The molecule has 106 valence electrons. The van der Waals surface area contributed by atoms with Crippen molar-refractivity contribution in [1.29, 1.82) is 0 Å². The van der Waals surface area contributed by atoms with E-state index in [4.69, 9.17) is 0 Å². The van der Waals surface area contributed by atoms with Gasteiger partial charge in [-0.05, 0) is 13.3 Å². The first-order chi connectivity index (χ1) is 8.99. The number of hydrogen-bond donors (Lipinski definition) is 0. The molecular weight excluding hydrogens is 260 g/mol. The van der Waals surface area contributed by atoms with Crippen LogP contribution in [0.15, 0.2) is 30.3 Å². The van der Waals surface area contributed by atoms with Crippen LogP contribution in [-0.2, 0) is 9.84 Å². The average molecular weight is 282 g/mol. The van der Waals surface area contributed by atoms with Crippen LogP contribution in [0.1, 0.15) is 49.9 Å². The Hall–Kier alpha value is -1.16. The molecule has 0 aromatic heterocycles. The molecule has 1 unspecified atom stereocenters. The van der Waals surface area contributed by atoms with Crippen molar-refractivity contribution < 1.29 is 13.2 Å². The van der Waals surface area contributed by atoms with Crippen molar-refractivity contribution >= 4 is 15.6 Å². The van der Waals surface area contributed by atoms with Crippen LogP contribution in [-0.4, -0.2) is 25.2 Å². The van der Waals surface area contributed by atoms with E-state index < -0.39 is 15.1 Å². The van der Waals surface area contributed by atoms with Gasteiger partial charge in [0.05, 0.1) is 5.75 Å². The number of Topliss-reactive ketones (excluding diaryl/α,β-unsaturated/α-hetero) is 1. The summed E-state index contributed by atoms with van der Waals surface area (Å²) in [7, 11) is -3.34. The van der Waals surface area contributed by atoms with Gasteiger partial charge in [-0.1, -0.05) is 56.5 Å². The third-order valence-electron chi connectivity index (χ3n) is 3.25. The molecule has 0 radical (unpaired) electrons. The minimum Gasteiger partial charge on any atom is -0.293 e. The highest BCUT2D eigenvalue weighted by Crippen LogP contribution is 2.13. The second kappa shape index (κ2) is 7.43. The Morgan fingerprint density at radius 3 is 2.32 bits per heavy atom. The van der Waals surface area contributed by atoms with Crippen molar-refractivity contribution in [1.82, 2.24) is 0 Å². The first kappa shape index (κ1) is 15.9. The second-order valence-corrected chi connectivity index (χ2v) is 7.24. The lowest BCUT2D eigenvalue weighted by Gasteiger charge is -2.12. The lowest BCUT2D eigenvalue weighted by molar-refractivity contribution is 0.0991. The van der Waals surface area contributed by atoms with Gasteiger partial charge in [-0.15, -0.1) is 0 Å². The fourth-order valence-corrected chi connectivity index (χ4v) is 3.33. The standard InChI is InChI=1S/C15H22O3S/c1-3-4-5-9-12-19(17,18)13(2)15(16)14-10-7-6-8-11-14/h6-8,10-11,13H,3-5,9,12H2,1-2H3. The predicted molar refractivity (Wildman–Crippen MR) is 78.2 cm³/mol. The maximum absolute atomic E-state index is 12.1. The molecule has 1 atom stereocenters. The smallest absolute Gasteiger partial charge is 0.180 e. The van der Waals surface area contributed by atoms with Crippen LogP contribution in [0.4, 0.5) is 0 Å². The highest BCUT2D eigenvalue weighted by molar-refractivity contribution is 7.92. The highest BCUT2D eigenvalue weighted by Gasteiger charge is 2.27. The summed E-state index contributed by atoms with van der Waals surface area (Å²) in [5.41, 5.74) is 0.465. The van der Waals surface area contributed by atoms with Crippen molar-refractivity contribution in [3.05, 3.63) is 35.9 Å². The Labute approximate surface area is 116 Å². The van der Waals surface area contributed by atoms with Gasteiger partial charge in [-0.2, -0.15) is 0 Å². The van der Waals surface area contributed by atoms with Gasteiger partial charge >= 0.3 is 0 Å². The van der Waals surface area contributed by atoms with Gasteiger partial charge in [0, 0.05) is 5.56 Å². The maximum atomic E-state index is 12.1. The number of ketones is 1. The van der Waals surface area contributed by atoms with Crippen molar-refractivity contribution in [3.63, 3.8) is 0 Å². The molecule has 0 fully saturated rings. The number of unbranched alkanes of at least 4 members (excludes halogenated alkanes) is 3. The Bertz CT molecular complexity index is 491. The average Bonchev–Trinajstić information content (AvgIpc) is 2.43. The van der Waals surface area contributed by atoms with Gasteiger partial charge in [-0.25, -0.2) is 8.42 Å². The van der Waals surface area contributed by atoms with E-state index in [-0.39, 0.29) is 11.5 Å². The number of benzene rings is 1. The van der Waals surface area contributed by atoms with Gasteiger partial charge in [0.2, 0.25) is 0 Å². The maximum Gasteiger partial charge on any atom is 0.180 e. The predicted octanol–water partition coefficient (Wildman–Crippen LogP) is 3.25. The Kier molecular flexibility index (Phi) is 6.22. The Morgan fingerprint density at radius 2 is 1.74 bits per heavy atom. The van der Waals surface area contributed by atoms with E-state index in [2.05, 4.69) is 6.92 Å². The fourth-order valence-electron chi connectivity index (χ4n) is 1.91. The molecular formula is C15H22O3S. The summed E-state index contributed by atoms with van der Waals surface area (Å²) in [6.07, 6.45) is 3.65. The molecule has 1 rings (SSSR count). The topological polar surface area (TPSA) is 51.2 Å². The SMILES string of the molecule is CCCCCCS(=O)(=O)C(C)C(=O)c1ccccc1. The van der Waals surface area contributed by atoms with Crippen LogP contribution in [0.2, 0.25) is 0 Å². The van der Waals surface area contributed by atoms with E-state index in [1.807, 2.05) is 0 Å². The molecule has 1 aromatic carbocycles. The third kappa shape index (κ3) is 4.78. The monoisotopic (exact) mass is 282 g/mol. The minimum atomic E-state index is -3.34.